The minimum Gasteiger partial charge on any atom is -0.390 e. The number of hydrogen-bond donors (Lipinski definition) is 2. The Hall–Kier alpha value is -1.41. The second kappa shape index (κ2) is 11.5. The van der Waals surface area contributed by atoms with E-state index in [-0.39, 0.29) is 6.10 Å². The van der Waals surface area contributed by atoms with Crippen molar-refractivity contribution in [1.82, 2.24) is 0 Å². The molecule has 3 aliphatic rings. The summed E-state index contributed by atoms with van der Waals surface area (Å²) in [5, 5.41) is 29.4. The molecule has 0 aromatic rings. The lowest BCUT2D eigenvalue weighted by Gasteiger charge is -2.44. The van der Waals surface area contributed by atoms with Crippen molar-refractivity contribution in [2.45, 2.75) is 116 Å². The highest BCUT2D eigenvalue weighted by atomic mass is 16.5. The number of ether oxygens (including phenoxy) is 1. The van der Waals surface area contributed by atoms with Crippen LogP contribution in [0.3, 0.4) is 0 Å². The molecule has 0 radical (unpaired) electrons. The number of aliphatic hydroxyl groups is 2. The first kappa shape index (κ1) is 27.2. The Morgan fingerprint density at radius 3 is 2.79 bits per heavy atom. The topological polar surface area (TPSA) is 73.5 Å². The van der Waals surface area contributed by atoms with Gasteiger partial charge in [-0.15, -0.1) is 0 Å². The molecule has 0 unspecified atom stereocenters. The smallest absolute Gasteiger partial charge is 0.0811 e. The van der Waals surface area contributed by atoms with Gasteiger partial charge in [0.05, 0.1) is 36.9 Å². The first-order chi connectivity index (χ1) is 16.0. The molecule has 3 fully saturated rings. The fourth-order valence-electron chi connectivity index (χ4n) is 7.12. The van der Waals surface area contributed by atoms with Gasteiger partial charge < -0.3 is 14.9 Å². The molecule has 34 heavy (non-hydrogen) atoms. The Bertz CT molecular complexity index is 814. The third kappa shape index (κ3) is 6.62. The average molecular weight is 470 g/mol. The van der Waals surface area contributed by atoms with E-state index in [9.17, 15) is 10.2 Å². The molecular weight excluding hydrogens is 422 g/mol. The number of nitriles is 1. The van der Waals surface area contributed by atoms with Crippen LogP contribution in [0.1, 0.15) is 98.3 Å². The molecule has 3 saturated carbocycles. The Kier molecular flexibility index (Phi) is 9.23. The van der Waals surface area contributed by atoms with Crippen LogP contribution in [-0.4, -0.2) is 34.6 Å². The van der Waals surface area contributed by atoms with Crippen LogP contribution < -0.4 is 0 Å². The zero-order valence-corrected chi connectivity index (χ0v) is 22.0. The molecule has 0 spiro atoms. The number of nitrogens with zero attached hydrogens (tertiary/aromatic N) is 1. The van der Waals surface area contributed by atoms with Crippen LogP contribution in [-0.2, 0) is 4.74 Å². The summed E-state index contributed by atoms with van der Waals surface area (Å²) < 4.78 is 5.84. The molecule has 0 aliphatic heterocycles. The largest absolute Gasteiger partial charge is 0.390 e. The fourth-order valence-corrected chi connectivity index (χ4v) is 7.12. The zero-order valence-electron chi connectivity index (χ0n) is 22.0. The van der Waals surface area contributed by atoms with Crippen LogP contribution in [0.4, 0.5) is 0 Å². The summed E-state index contributed by atoms with van der Waals surface area (Å²) in [6, 6.07) is 2.12. The molecule has 190 valence electrons. The quantitative estimate of drug-likeness (QED) is 0.371. The predicted octanol–water partition coefficient (Wildman–Crippen LogP) is 6.64. The SMILES string of the molecule is C=C1/C(=C\C=C2/CCC[C@]3(C)[C@@H]([C@H](C)CCCC(C)(C)O)CC[C@@H]23)C[C@@H](OCCC#N)C[C@@H]1O. The molecule has 4 heteroatoms. The molecule has 6 atom stereocenters. The van der Waals surface area contributed by atoms with Gasteiger partial charge in [-0.1, -0.05) is 51.0 Å². The van der Waals surface area contributed by atoms with Crippen LogP contribution in [0.5, 0.6) is 0 Å². The number of rotatable bonds is 9. The Morgan fingerprint density at radius 2 is 2.09 bits per heavy atom. The van der Waals surface area contributed by atoms with Gasteiger partial charge in [0.1, 0.15) is 0 Å². The number of aliphatic hydroxyl groups excluding tert-OH is 1. The van der Waals surface area contributed by atoms with E-state index in [4.69, 9.17) is 10.00 Å². The second-order valence-electron chi connectivity index (χ2n) is 12.1. The summed E-state index contributed by atoms with van der Waals surface area (Å²) in [4.78, 5) is 0. The number of fused-ring (bicyclic) bond motifs is 1. The predicted molar refractivity (Wildman–Crippen MR) is 138 cm³/mol. The molecule has 3 rings (SSSR count). The van der Waals surface area contributed by atoms with Crippen LogP contribution in [0, 0.1) is 34.5 Å². The summed E-state index contributed by atoms with van der Waals surface area (Å²) in [6.45, 7) is 13.4. The maximum Gasteiger partial charge on any atom is 0.0811 e. The van der Waals surface area contributed by atoms with Crippen LogP contribution in [0.25, 0.3) is 0 Å². The number of allylic oxidation sites excluding steroid dienone is 3. The monoisotopic (exact) mass is 469 g/mol. The van der Waals surface area contributed by atoms with Crippen LogP contribution >= 0.6 is 0 Å². The average Bonchev–Trinajstić information content (AvgIpc) is 3.12. The molecule has 4 nitrogen and oxygen atoms in total. The van der Waals surface area contributed by atoms with Crippen molar-refractivity contribution in [3.8, 4) is 6.07 Å². The van der Waals surface area contributed by atoms with E-state index in [0.29, 0.717) is 36.7 Å². The van der Waals surface area contributed by atoms with E-state index in [1.165, 1.54) is 38.5 Å². The van der Waals surface area contributed by atoms with E-state index >= 15 is 0 Å². The molecule has 2 N–H and O–H groups in total. The molecule has 0 saturated heterocycles. The van der Waals surface area contributed by atoms with Crippen LogP contribution in [0.15, 0.2) is 35.5 Å². The first-order valence-electron chi connectivity index (χ1n) is 13.5. The van der Waals surface area contributed by atoms with Crippen LogP contribution in [0.2, 0.25) is 0 Å². The Labute approximate surface area is 207 Å². The van der Waals surface area contributed by atoms with Gasteiger partial charge in [0.15, 0.2) is 0 Å². The Morgan fingerprint density at radius 1 is 1.32 bits per heavy atom. The second-order valence-corrected chi connectivity index (χ2v) is 12.1. The van der Waals surface area contributed by atoms with Crippen molar-refractivity contribution < 1.29 is 14.9 Å². The molecule has 0 heterocycles. The van der Waals surface area contributed by atoms with E-state index in [2.05, 4.69) is 38.6 Å². The molecular formula is C30H47NO3. The van der Waals surface area contributed by atoms with Crippen molar-refractivity contribution in [1.29, 1.82) is 5.26 Å². The molecule has 0 bridgehead atoms. The van der Waals surface area contributed by atoms with Gasteiger partial charge in [-0.3, -0.25) is 0 Å². The maximum absolute atomic E-state index is 10.5. The summed E-state index contributed by atoms with van der Waals surface area (Å²) >= 11 is 0. The van der Waals surface area contributed by atoms with Gasteiger partial charge >= 0.3 is 0 Å². The van der Waals surface area contributed by atoms with Gasteiger partial charge in [-0.05, 0) is 93.1 Å². The minimum absolute atomic E-state index is 0.0456. The molecule has 0 aromatic carbocycles. The molecule has 0 amide bonds. The lowest BCUT2D eigenvalue weighted by atomic mass is 9.60. The van der Waals surface area contributed by atoms with Crippen molar-refractivity contribution in [2.75, 3.05) is 6.61 Å². The highest BCUT2D eigenvalue weighted by Crippen LogP contribution is 2.60. The van der Waals surface area contributed by atoms with Gasteiger partial charge in [0.25, 0.3) is 0 Å². The van der Waals surface area contributed by atoms with E-state index < -0.39 is 11.7 Å². The van der Waals surface area contributed by atoms with E-state index in [1.54, 1.807) is 5.57 Å². The number of hydrogen-bond acceptors (Lipinski definition) is 4. The normalized spacial score (nSPS) is 35.4. The summed E-state index contributed by atoms with van der Waals surface area (Å²) in [5.74, 6) is 2.08. The van der Waals surface area contributed by atoms with Gasteiger partial charge in [-0.2, -0.15) is 5.26 Å². The summed E-state index contributed by atoms with van der Waals surface area (Å²) in [7, 11) is 0. The van der Waals surface area contributed by atoms with Crippen molar-refractivity contribution in [2.24, 2.45) is 23.2 Å². The first-order valence-corrected chi connectivity index (χ1v) is 13.5. The molecule has 0 aromatic heterocycles. The van der Waals surface area contributed by atoms with Gasteiger partial charge in [-0.25, -0.2) is 0 Å². The third-order valence-electron chi connectivity index (χ3n) is 8.99. The van der Waals surface area contributed by atoms with Gasteiger partial charge in [0, 0.05) is 6.42 Å². The lowest BCUT2D eigenvalue weighted by Crippen LogP contribution is -2.36. The van der Waals surface area contributed by atoms with E-state index in [0.717, 1.165) is 36.3 Å². The zero-order chi connectivity index (χ0) is 24.9. The maximum atomic E-state index is 10.5. The van der Waals surface area contributed by atoms with Crippen molar-refractivity contribution >= 4 is 0 Å². The fraction of sp³-hybridized carbons (Fsp3) is 0.767. The third-order valence-corrected chi connectivity index (χ3v) is 8.99. The van der Waals surface area contributed by atoms with Crippen molar-refractivity contribution in [3.05, 3.63) is 35.5 Å². The highest BCUT2D eigenvalue weighted by molar-refractivity contribution is 5.38. The van der Waals surface area contributed by atoms with Gasteiger partial charge in [0.2, 0.25) is 0 Å². The highest BCUT2D eigenvalue weighted by Gasteiger charge is 2.50. The van der Waals surface area contributed by atoms with E-state index in [1.807, 2.05) is 13.8 Å². The summed E-state index contributed by atoms with van der Waals surface area (Å²) in [5.41, 5.74) is 3.28. The Balaban J connectivity index is 1.68. The lowest BCUT2D eigenvalue weighted by molar-refractivity contribution is 0.0165. The molecule has 3 aliphatic carbocycles. The summed E-state index contributed by atoms with van der Waals surface area (Å²) in [6.07, 6.45) is 15.1. The van der Waals surface area contributed by atoms with Crippen molar-refractivity contribution in [3.63, 3.8) is 0 Å². The standard InChI is InChI=1S/C30H47NO3/c1-21(9-6-15-29(3,4)33)26-13-14-27-23(10-7-16-30(26,27)5)11-12-24-19-25(34-18-8-17-31)20-28(32)22(24)2/h11-12,21,25-28,32-33H,2,6-10,13-16,18-20H2,1,3-5H3/b23-11+,24-12-/t21-,25-,26-,27+,28+,30-/m1/s1. The minimum atomic E-state index is -0.567.